The first-order chi connectivity index (χ1) is 13.7. The van der Waals surface area contributed by atoms with Crippen molar-refractivity contribution in [2.45, 2.75) is 12.5 Å². The molecule has 0 saturated carbocycles. The minimum Gasteiger partial charge on any atom is -0.497 e. The van der Waals surface area contributed by atoms with Crippen LogP contribution in [0.5, 0.6) is 11.5 Å². The van der Waals surface area contributed by atoms with Crippen LogP contribution >= 0.6 is 0 Å². The fourth-order valence-electron chi connectivity index (χ4n) is 3.10. The largest absolute Gasteiger partial charge is 0.497 e. The molecule has 0 radical (unpaired) electrons. The van der Waals surface area contributed by atoms with E-state index in [1.807, 2.05) is 0 Å². The number of urea groups is 1. The summed E-state index contributed by atoms with van der Waals surface area (Å²) in [6.45, 7) is 0.810. The van der Waals surface area contributed by atoms with Crippen molar-refractivity contribution in [3.8, 4) is 11.5 Å². The van der Waals surface area contributed by atoms with Crippen LogP contribution in [0.3, 0.4) is 0 Å². The van der Waals surface area contributed by atoms with Gasteiger partial charge >= 0.3 is 6.03 Å². The average Bonchev–Trinajstić information content (AvgIpc) is 2.93. The number of methoxy groups -OCH3 is 2. The molecular weight excluding hydrogens is 386 g/mol. The summed E-state index contributed by atoms with van der Waals surface area (Å²) in [5.74, 6) is -2.82. The Kier molecular flexibility index (Phi) is 5.23. The Morgan fingerprint density at radius 2 is 1.79 bits per heavy atom. The molecule has 152 valence electrons. The van der Waals surface area contributed by atoms with Crippen molar-refractivity contribution in [3.05, 3.63) is 59.2 Å². The van der Waals surface area contributed by atoms with Crippen molar-refractivity contribution in [3.63, 3.8) is 0 Å². The van der Waals surface area contributed by atoms with E-state index in [0.717, 1.165) is 17.0 Å². The van der Waals surface area contributed by atoms with Gasteiger partial charge in [0.2, 0.25) is 0 Å². The topological polar surface area (TPSA) is 84.9 Å². The average molecular weight is 404 g/mol. The van der Waals surface area contributed by atoms with Gasteiger partial charge < -0.3 is 14.8 Å². The molecular formula is C20H18F2N2O5. The Hall–Kier alpha value is -3.49. The van der Waals surface area contributed by atoms with Gasteiger partial charge in [0, 0.05) is 6.07 Å². The van der Waals surface area contributed by atoms with Gasteiger partial charge in [0.05, 0.1) is 26.3 Å². The van der Waals surface area contributed by atoms with Crippen molar-refractivity contribution in [2.75, 3.05) is 20.8 Å². The molecule has 2 aromatic carbocycles. The van der Waals surface area contributed by atoms with Crippen molar-refractivity contribution in [1.82, 2.24) is 10.2 Å². The van der Waals surface area contributed by atoms with Gasteiger partial charge in [-0.1, -0.05) is 6.07 Å². The number of ketones is 1. The van der Waals surface area contributed by atoms with Crippen LogP contribution in [0, 0.1) is 11.6 Å². The molecule has 2 aromatic rings. The van der Waals surface area contributed by atoms with Crippen molar-refractivity contribution in [2.24, 2.45) is 0 Å². The highest BCUT2D eigenvalue weighted by Gasteiger charge is 2.49. The lowest BCUT2D eigenvalue weighted by atomic mass is 9.92. The van der Waals surface area contributed by atoms with Crippen LogP contribution in [0.1, 0.15) is 22.8 Å². The molecule has 3 rings (SSSR count). The summed E-state index contributed by atoms with van der Waals surface area (Å²) in [4.78, 5) is 38.7. The lowest BCUT2D eigenvalue weighted by Gasteiger charge is -2.22. The second kappa shape index (κ2) is 7.50. The van der Waals surface area contributed by atoms with E-state index in [1.54, 1.807) is 6.07 Å². The van der Waals surface area contributed by atoms with Crippen LogP contribution in [0.15, 0.2) is 36.4 Å². The van der Waals surface area contributed by atoms with Gasteiger partial charge in [0.25, 0.3) is 5.91 Å². The molecule has 1 unspecified atom stereocenters. The molecule has 0 aliphatic carbocycles. The minimum absolute atomic E-state index is 0.0618. The second-order valence-corrected chi connectivity index (χ2v) is 6.56. The third-order valence-corrected chi connectivity index (χ3v) is 4.78. The molecule has 0 bridgehead atoms. The van der Waals surface area contributed by atoms with E-state index in [1.165, 1.54) is 39.3 Å². The molecule has 0 aromatic heterocycles. The van der Waals surface area contributed by atoms with Gasteiger partial charge in [-0.15, -0.1) is 0 Å². The molecule has 1 N–H and O–H groups in total. The number of nitrogens with zero attached hydrogens (tertiary/aromatic N) is 1. The quantitative estimate of drug-likeness (QED) is 0.591. The highest BCUT2D eigenvalue weighted by atomic mass is 19.2. The first kappa shape index (κ1) is 20.2. The van der Waals surface area contributed by atoms with Gasteiger partial charge in [-0.2, -0.15) is 0 Å². The number of hydrogen-bond donors (Lipinski definition) is 1. The number of halogens is 2. The third-order valence-electron chi connectivity index (χ3n) is 4.78. The molecule has 1 heterocycles. The number of benzene rings is 2. The van der Waals surface area contributed by atoms with Gasteiger partial charge in [-0.3, -0.25) is 14.5 Å². The number of carbonyl (C=O) groups excluding carboxylic acids is 3. The summed E-state index contributed by atoms with van der Waals surface area (Å²) < 4.78 is 37.1. The van der Waals surface area contributed by atoms with E-state index in [-0.39, 0.29) is 16.9 Å². The minimum atomic E-state index is -1.63. The lowest BCUT2D eigenvalue weighted by Crippen LogP contribution is -2.41. The zero-order valence-corrected chi connectivity index (χ0v) is 15.9. The molecule has 3 amide bonds. The maximum atomic E-state index is 13.6. The van der Waals surface area contributed by atoms with Crippen LogP contribution in [0.2, 0.25) is 0 Å². The van der Waals surface area contributed by atoms with Crippen LogP contribution in [-0.4, -0.2) is 43.4 Å². The first-order valence-electron chi connectivity index (χ1n) is 8.56. The number of rotatable bonds is 6. The predicted molar refractivity (Wildman–Crippen MR) is 97.8 cm³/mol. The Balaban J connectivity index is 1.87. The van der Waals surface area contributed by atoms with E-state index < -0.39 is 41.4 Å². The molecule has 1 atom stereocenters. The van der Waals surface area contributed by atoms with E-state index in [4.69, 9.17) is 9.47 Å². The smallest absolute Gasteiger partial charge is 0.325 e. The number of carbonyl (C=O) groups is 3. The van der Waals surface area contributed by atoms with Gasteiger partial charge in [-0.25, -0.2) is 13.6 Å². The Bertz CT molecular complexity index is 1010. The molecule has 0 spiro atoms. The zero-order chi connectivity index (χ0) is 21.3. The summed E-state index contributed by atoms with van der Waals surface area (Å²) in [7, 11) is 2.84. The Morgan fingerprint density at radius 3 is 2.41 bits per heavy atom. The Labute approximate surface area is 165 Å². The lowest BCUT2D eigenvalue weighted by molar-refractivity contribution is -0.130. The predicted octanol–water partition coefficient (Wildman–Crippen LogP) is 2.63. The molecule has 1 fully saturated rings. The zero-order valence-electron chi connectivity index (χ0n) is 15.9. The molecule has 1 aliphatic rings. The number of amides is 3. The maximum absolute atomic E-state index is 13.6. The van der Waals surface area contributed by atoms with Crippen molar-refractivity contribution < 1.29 is 32.6 Å². The SMILES string of the molecule is COc1ccc(C(=O)CN2C(=O)NC(C)(c3ccc(F)c(F)c3)C2=O)c(OC)c1. The molecule has 1 saturated heterocycles. The number of hydrogen-bond acceptors (Lipinski definition) is 5. The number of Topliss-reactive ketones (excluding diaryl/α,β-unsaturated/α-hetero) is 1. The third kappa shape index (κ3) is 3.51. The van der Waals surface area contributed by atoms with E-state index in [9.17, 15) is 23.2 Å². The summed E-state index contributed by atoms with van der Waals surface area (Å²) in [6.07, 6.45) is 0. The van der Waals surface area contributed by atoms with Crippen LogP contribution in [0.25, 0.3) is 0 Å². The molecule has 7 nitrogen and oxygen atoms in total. The highest BCUT2D eigenvalue weighted by molar-refractivity contribution is 6.11. The monoisotopic (exact) mass is 404 g/mol. The van der Waals surface area contributed by atoms with Gasteiger partial charge in [0.15, 0.2) is 17.4 Å². The highest BCUT2D eigenvalue weighted by Crippen LogP contribution is 2.31. The summed E-state index contributed by atoms with van der Waals surface area (Å²) in [5, 5.41) is 2.44. The molecule has 9 heteroatoms. The van der Waals surface area contributed by atoms with Crippen LogP contribution in [-0.2, 0) is 10.3 Å². The summed E-state index contributed by atoms with van der Waals surface area (Å²) in [6, 6.07) is 6.61. The number of ether oxygens (including phenoxy) is 2. The fourth-order valence-corrected chi connectivity index (χ4v) is 3.10. The molecule has 29 heavy (non-hydrogen) atoms. The first-order valence-corrected chi connectivity index (χ1v) is 8.56. The van der Waals surface area contributed by atoms with Crippen molar-refractivity contribution in [1.29, 1.82) is 0 Å². The van der Waals surface area contributed by atoms with Gasteiger partial charge in [0.1, 0.15) is 17.0 Å². The van der Waals surface area contributed by atoms with E-state index in [2.05, 4.69) is 5.32 Å². The molecule has 1 aliphatic heterocycles. The summed E-state index contributed by atoms with van der Waals surface area (Å²) in [5.41, 5.74) is -1.40. The van der Waals surface area contributed by atoms with Gasteiger partial charge in [-0.05, 0) is 36.8 Å². The normalized spacial score (nSPS) is 18.6. The van der Waals surface area contributed by atoms with Crippen LogP contribution in [0.4, 0.5) is 13.6 Å². The maximum Gasteiger partial charge on any atom is 0.325 e. The van der Waals surface area contributed by atoms with E-state index in [0.29, 0.717) is 5.75 Å². The second-order valence-electron chi connectivity index (χ2n) is 6.56. The van der Waals surface area contributed by atoms with E-state index >= 15 is 0 Å². The van der Waals surface area contributed by atoms with Crippen molar-refractivity contribution >= 4 is 17.7 Å². The number of nitrogens with one attached hydrogen (secondary N) is 1. The van der Waals surface area contributed by atoms with Crippen LogP contribution < -0.4 is 14.8 Å². The summed E-state index contributed by atoms with van der Waals surface area (Å²) >= 11 is 0. The standard InChI is InChI=1S/C20H18F2N2O5/c1-20(11-4-7-14(21)15(22)8-11)18(26)24(19(27)23-20)10-16(25)13-6-5-12(28-2)9-17(13)29-3/h4-9H,10H2,1-3H3,(H,23,27). The Morgan fingerprint density at radius 1 is 1.07 bits per heavy atom. The fraction of sp³-hybridized carbons (Fsp3) is 0.250. The number of imide groups is 1.